The Hall–Kier alpha value is -1.29. The van der Waals surface area contributed by atoms with Crippen LogP contribution in [0.1, 0.15) is 44.4 Å². The SMILES string of the molecule is Cc1c(O)cc(CCCCC(C)[C@H](C)O)oc1=O. The lowest BCUT2D eigenvalue weighted by Crippen LogP contribution is -2.12. The fraction of sp³-hybridized carbons (Fsp3) is 0.643. The predicted octanol–water partition coefficient (Wildman–Crippen LogP) is 2.38. The highest BCUT2D eigenvalue weighted by atomic mass is 16.4. The minimum absolute atomic E-state index is 0.00130. The lowest BCUT2D eigenvalue weighted by atomic mass is 9.98. The van der Waals surface area contributed by atoms with Gasteiger partial charge in [0.15, 0.2) is 0 Å². The number of aromatic hydroxyl groups is 1. The highest BCUT2D eigenvalue weighted by Crippen LogP contribution is 2.17. The smallest absolute Gasteiger partial charge is 0.342 e. The van der Waals surface area contributed by atoms with Crippen LogP contribution >= 0.6 is 0 Å². The Morgan fingerprint density at radius 2 is 2.00 bits per heavy atom. The van der Waals surface area contributed by atoms with Gasteiger partial charge in [0.2, 0.25) is 0 Å². The Bertz CT molecular complexity index is 434. The normalized spacial score (nSPS) is 14.4. The molecule has 0 aliphatic rings. The van der Waals surface area contributed by atoms with Gasteiger partial charge in [-0.15, -0.1) is 0 Å². The first-order valence-electron chi connectivity index (χ1n) is 6.42. The van der Waals surface area contributed by atoms with Crippen LogP contribution in [0.25, 0.3) is 0 Å². The molecule has 0 saturated carbocycles. The summed E-state index contributed by atoms with van der Waals surface area (Å²) in [5.74, 6) is 0.801. The van der Waals surface area contributed by atoms with Gasteiger partial charge in [0.1, 0.15) is 11.5 Å². The molecule has 0 aliphatic carbocycles. The first kappa shape index (κ1) is 14.8. The Balaban J connectivity index is 2.43. The molecule has 2 atom stereocenters. The van der Waals surface area contributed by atoms with Gasteiger partial charge in [0, 0.05) is 12.5 Å². The van der Waals surface area contributed by atoms with Gasteiger partial charge in [-0.3, -0.25) is 0 Å². The van der Waals surface area contributed by atoms with Crippen molar-refractivity contribution in [1.82, 2.24) is 0 Å². The summed E-state index contributed by atoms with van der Waals surface area (Å²) in [7, 11) is 0. The van der Waals surface area contributed by atoms with Crippen LogP contribution in [0.2, 0.25) is 0 Å². The molecule has 0 aromatic carbocycles. The van der Waals surface area contributed by atoms with Crippen molar-refractivity contribution in [3.8, 4) is 5.75 Å². The standard InChI is InChI=1S/C14H22O4/c1-9(11(3)15)6-4-5-7-12-8-13(16)10(2)14(17)18-12/h8-9,11,15-16H,4-7H2,1-3H3/t9?,11-/m0/s1. The van der Waals surface area contributed by atoms with Crippen LogP contribution in [0.3, 0.4) is 0 Å². The quantitative estimate of drug-likeness (QED) is 0.765. The van der Waals surface area contributed by atoms with E-state index in [0.717, 1.165) is 19.3 Å². The second-order valence-corrected chi connectivity index (χ2v) is 4.97. The summed E-state index contributed by atoms with van der Waals surface area (Å²) < 4.78 is 5.08. The van der Waals surface area contributed by atoms with Crippen LogP contribution in [-0.4, -0.2) is 16.3 Å². The Labute approximate surface area is 107 Å². The fourth-order valence-electron chi connectivity index (χ4n) is 1.72. The molecule has 1 aromatic heterocycles. The van der Waals surface area contributed by atoms with E-state index >= 15 is 0 Å². The minimum atomic E-state index is -0.470. The summed E-state index contributed by atoms with van der Waals surface area (Å²) in [5.41, 5.74) is -0.219. The number of aliphatic hydroxyl groups excluding tert-OH is 1. The maximum absolute atomic E-state index is 11.3. The number of rotatable bonds is 6. The third-order valence-electron chi connectivity index (χ3n) is 3.37. The second-order valence-electron chi connectivity index (χ2n) is 4.97. The molecule has 18 heavy (non-hydrogen) atoms. The van der Waals surface area contributed by atoms with Crippen molar-refractivity contribution < 1.29 is 14.6 Å². The fourth-order valence-corrected chi connectivity index (χ4v) is 1.72. The van der Waals surface area contributed by atoms with Crippen LogP contribution in [0.4, 0.5) is 0 Å². The number of aryl methyl sites for hydroxylation is 1. The van der Waals surface area contributed by atoms with Gasteiger partial charge in [0.25, 0.3) is 0 Å². The second kappa shape index (κ2) is 6.59. The third kappa shape index (κ3) is 4.18. The van der Waals surface area contributed by atoms with Crippen LogP contribution in [0, 0.1) is 12.8 Å². The first-order valence-corrected chi connectivity index (χ1v) is 6.42. The predicted molar refractivity (Wildman–Crippen MR) is 69.8 cm³/mol. The summed E-state index contributed by atoms with van der Waals surface area (Å²) >= 11 is 0. The average Bonchev–Trinajstić information content (AvgIpc) is 2.31. The van der Waals surface area contributed by atoms with Gasteiger partial charge in [-0.1, -0.05) is 13.3 Å². The van der Waals surface area contributed by atoms with Crippen LogP contribution in [-0.2, 0) is 6.42 Å². The average molecular weight is 254 g/mol. The molecule has 0 saturated heterocycles. The summed E-state index contributed by atoms with van der Waals surface area (Å²) in [6, 6.07) is 1.51. The zero-order chi connectivity index (χ0) is 13.7. The maximum atomic E-state index is 11.3. The summed E-state index contributed by atoms with van der Waals surface area (Å²) in [4.78, 5) is 11.3. The molecule has 1 unspecified atom stereocenters. The molecular formula is C14H22O4. The van der Waals surface area contributed by atoms with E-state index in [-0.39, 0.29) is 23.3 Å². The Morgan fingerprint density at radius 1 is 1.33 bits per heavy atom. The van der Waals surface area contributed by atoms with E-state index in [0.29, 0.717) is 12.2 Å². The molecule has 0 bridgehead atoms. The molecule has 0 amide bonds. The number of unbranched alkanes of at least 4 members (excludes halogenated alkanes) is 1. The molecule has 1 heterocycles. The monoisotopic (exact) mass is 254 g/mol. The molecule has 102 valence electrons. The molecule has 1 rings (SSSR count). The van der Waals surface area contributed by atoms with E-state index in [1.54, 1.807) is 6.92 Å². The molecule has 0 radical (unpaired) electrons. The lowest BCUT2D eigenvalue weighted by molar-refractivity contribution is 0.128. The van der Waals surface area contributed by atoms with Crippen molar-refractivity contribution in [2.45, 2.75) is 52.6 Å². The van der Waals surface area contributed by atoms with E-state index in [9.17, 15) is 15.0 Å². The number of hydrogen-bond acceptors (Lipinski definition) is 4. The van der Waals surface area contributed by atoms with E-state index in [2.05, 4.69) is 0 Å². The summed E-state index contributed by atoms with van der Waals surface area (Å²) in [5, 5.41) is 18.9. The van der Waals surface area contributed by atoms with E-state index in [1.807, 2.05) is 6.92 Å². The van der Waals surface area contributed by atoms with E-state index in [1.165, 1.54) is 13.0 Å². The van der Waals surface area contributed by atoms with Crippen molar-refractivity contribution in [3.63, 3.8) is 0 Å². The van der Waals surface area contributed by atoms with E-state index in [4.69, 9.17) is 4.42 Å². The molecule has 4 nitrogen and oxygen atoms in total. The van der Waals surface area contributed by atoms with Gasteiger partial charge in [-0.05, 0) is 32.6 Å². The Kier molecular flexibility index (Phi) is 5.41. The van der Waals surface area contributed by atoms with E-state index < -0.39 is 5.63 Å². The lowest BCUT2D eigenvalue weighted by Gasteiger charge is -2.13. The van der Waals surface area contributed by atoms with Crippen molar-refractivity contribution >= 4 is 0 Å². The third-order valence-corrected chi connectivity index (χ3v) is 3.37. The highest BCUT2D eigenvalue weighted by molar-refractivity contribution is 5.28. The first-order chi connectivity index (χ1) is 8.41. The van der Waals surface area contributed by atoms with Gasteiger partial charge in [-0.25, -0.2) is 4.79 Å². The zero-order valence-corrected chi connectivity index (χ0v) is 11.3. The number of hydrogen-bond donors (Lipinski definition) is 2. The highest BCUT2D eigenvalue weighted by Gasteiger charge is 2.09. The molecule has 2 N–H and O–H groups in total. The van der Waals surface area contributed by atoms with Gasteiger partial charge >= 0.3 is 5.63 Å². The van der Waals surface area contributed by atoms with Crippen LogP contribution in [0.15, 0.2) is 15.3 Å². The van der Waals surface area contributed by atoms with Crippen molar-refractivity contribution in [2.75, 3.05) is 0 Å². The largest absolute Gasteiger partial charge is 0.507 e. The minimum Gasteiger partial charge on any atom is -0.507 e. The molecule has 0 aliphatic heterocycles. The van der Waals surface area contributed by atoms with Gasteiger partial charge < -0.3 is 14.6 Å². The topological polar surface area (TPSA) is 70.7 Å². The van der Waals surface area contributed by atoms with Crippen LogP contribution < -0.4 is 5.63 Å². The molecule has 4 heteroatoms. The zero-order valence-electron chi connectivity index (χ0n) is 11.3. The Morgan fingerprint density at radius 3 is 2.56 bits per heavy atom. The number of aliphatic hydroxyl groups is 1. The summed E-state index contributed by atoms with van der Waals surface area (Å²) in [6.45, 7) is 5.35. The maximum Gasteiger partial charge on any atom is 0.342 e. The summed E-state index contributed by atoms with van der Waals surface area (Å²) in [6.07, 6.45) is 3.13. The van der Waals surface area contributed by atoms with Crippen molar-refractivity contribution in [1.29, 1.82) is 0 Å². The molecule has 1 aromatic rings. The molecular weight excluding hydrogens is 232 g/mol. The van der Waals surface area contributed by atoms with Crippen LogP contribution in [0.5, 0.6) is 5.75 Å². The molecule has 0 fully saturated rings. The van der Waals surface area contributed by atoms with Gasteiger partial charge in [0.05, 0.1) is 11.7 Å². The molecule has 0 spiro atoms. The van der Waals surface area contributed by atoms with Gasteiger partial charge in [-0.2, -0.15) is 0 Å². The van der Waals surface area contributed by atoms with Crippen molar-refractivity contribution in [3.05, 3.63) is 27.8 Å². The van der Waals surface area contributed by atoms with Crippen molar-refractivity contribution in [2.24, 2.45) is 5.92 Å².